The number of hydrogen-bond donors (Lipinski definition) is 2. The van der Waals surface area contributed by atoms with Gasteiger partial charge in [0, 0.05) is 3.57 Å². The van der Waals surface area contributed by atoms with Crippen LogP contribution in [0.25, 0.3) is 0 Å². The summed E-state index contributed by atoms with van der Waals surface area (Å²) in [6.45, 7) is 3.76. The minimum atomic E-state index is -0.0495. The second-order valence-corrected chi connectivity index (χ2v) is 5.87. The predicted molar refractivity (Wildman–Crippen MR) is 87.5 cm³/mol. The van der Waals surface area contributed by atoms with Gasteiger partial charge in [-0.1, -0.05) is 11.6 Å². The highest BCUT2D eigenvalue weighted by atomic mass is 127. The second-order valence-electron chi connectivity index (χ2n) is 4.22. The number of ether oxygens (including phenoxy) is 1. The van der Waals surface area contributed by atoms with Gasteiger partial charge in [-0.3, -0.25) is 0 Å². The normalized spacial score (nSPS) is 10.7. The Hall–Kier alpha value is -1.35. The number of benzene rings is 1. The molecule has 1 heterocycles. The lowest BCUT2D eigenvalue weighted by molar-refractivity contribution is 0.222. The molecule has 0 unspecified atom stereocenters. The maximum atomic E-state index is 6.14. The first-order valence-electron chi connectivity index (χ1n) is 5.84. The van der Waals surface area contributed by atoms with Crippen LogP contribution in [0.2, 0.25) is 5.02 Å². The molecule has 6 nitrogen and oxygen atoms in total. The van der Waals surface area contributed by atoms with Crippen molar-refractivity contribution < 1.29 is 4.74 Å². The van der Waals surface area contributed by atoms with Gasteiger partial charge < -0.3 is 15.8 Å². The van der Waals surface area contributed by atoms with Gasteiger partial charge in [-0.25, -0.2) is 0 Å². The van der Waals surface area contributed by atoms with Gasteiger partial charge >= 0.3 is 6.01 Å². The van der Waals surface area contributed by atoms with Crippen molar-refractivity contribution in [2.24, 2.45) is 0 Å². The Morgan fingerprint density at radius 3 is 2.70 bits per heavy atom. The van der Waals surface area contributed by atoms with Crippen molar-refractivity contribution in [3.63, 3.8) is 0 Å². The van der Waals surface area contributed by atoms with E-state index in [0.29, 0.717) is 10.7 Å². The van der Waals surface area contributed by atoms with Crippen molar-refractivity contribution in [3.05, 3.63) is 26.8 Å². The molecule has 3 N–H and O–H groups in total. The van der Waals surface area contributed by atoms with E-state index in [1.165, 1.54) is 0 Å². The summed E-state index contributed by atoms with van der Waals surface area (Å²) in [7, 11) is 0. The van der Waals surface area contributed by atoms with Crippen molar-refractivity contribution in [2.45, 2.75) is 20.0 Å². The van der Waals surface area contributed by atoms with Crippen LogP contribution in [-0.4, -0.2) is 21.1 Å². The van der Waals surface area contributed by atoms with Gasteiger partial charge in [0.15, 0.2) is 0 Å². The van der Waals surface area contributed by atoms with Gasteiger partial charge in [-0.05, 0) is 54.6 Å². The van der Waals surface area contributed by atoms with Crippen LogP contribution in [-0.2, 0) is 0 Å². The minimum absolute atomic E-state index is 0.0495. The SMILES string of the molecule is CC(C)Oc1nc(N)nc(Nc2ccc(I)cc2Cl)n1. The molecule has 0 saturated heterocycles. The Morgan fingerprint density at radius 1 is 1.30 bits per heavy atom. The van der Waals surface area contributed by atoms with Crippen LogP contribution in [0, 0.1) is 3.57 Å². The van der Waals surface area contributed by atoms with E-state index in [1.807, 2.05) is 32.0 Å². The highest BCUT2D eigenvalue weighted by Gasteiger charge is 2.09. The monoisotopic (exact) mass is 405 g/mol. The van der Waals surface area contributed by atoms with Gasteiger partial charge in [0.1, 0.15) is 0 Å². The molecule has 0 fully saturated rings. The molecule has 1 aromatic carbocycles. The molecule has 2 aromatic rings. The zero-order chi connectivity index (χ0) is 14.7. The topological polar surface area (TPSA) is 86.0 Å². The molecule has 0 amide bonds. The molecule has 0 aliphatic rings. The summed E-state index contributed by atoms with van der Waals surface area (Å²) in [5.74, 6) is 0.371. The molecular weight excluding hydrogens is 393 g/mol. The van der Waals surface area contributed by atoms with Crippen molar-refractivity contribution in [2.75, 3.05) is 11.1 Å². The lowest BCUT2D eigenvalue weighted by Crippen LogP contribution is -2.11. The van der Waals surface area contributed by atoms with E-state index in [0.717, 1.165) is 3.57 Å². The summed E-state index contributed by atoms with van der Waals surface area (Å²) in [4.78, 5) is 12.1. The molecule has 2 rings (SSSR count). The smallest absolute Gasteiger partial charge is 0.323 e. The largest absolute Gasteiger partial charge is 0.461 e. The second kappa shape index (κ2) is 6.40. The van der Waals surface area contributed by atoms with Gasteiger partial charge in [0.25, 0.3) is 0 Å². The summed E-state index contributed by atoms with van der Waals surface area (Å²) in [6, 6.07) is 5.77. The van der Waals surface area contributed by atoms with Gasteiger partial charge in [-0.15, -0.1) is 0 Å². The maximum absolute atomic E-state index is 6.14. The zero-order valence-corrected chi connectivity index (χ0v) is 13.8. The van der Waals surface area contributed by atoms with E-state index in [2.05, 4.69) is 42.9 Å². The summed E-state index contributed by atoms with van der Waals surface area (Å²) in [6.07, 6.45) is -0.0495. The molecule has 0 bridgehead atoms. The number of halogens is 2. The summed E-state index contributed by atoms with van der Waals surface area (Å²) < 4.78 is 6.45. The third kappa shape index (κ3) is 4.07. The van der Waals surface area contributed by atoms with E-state index in [-0.39, 0.29) is 24.0 Å². The van der Waals surface area contributed by atoms with E-state index >= 15 is 0 Å². The molecule has 0 saturated carbocycles. The van der Waals surface area contributed by atoms with Crippen LogP contribution in [0.3, 0.4) is 0 Å². The Balaban J connectivity index is 2.26. The molecule has 0 aliphatic heterocycles. The van der Waals surface area contributed by atoms with Crippen LogP contribution in [0.1, 0.15) is 13.8 Å². The van der Waals surface area contributed by atoms with E-state index in [4.69, 9.17) is 22.1 Å². The fourth-order valence-corrected chi connectivity index (χ4v) is 2.31. The lowest BCUT2D eigenvalue weighted by Gasteiger charge is -2.11. The molecule has 0 atom stereocenters. The Bertz CT molecular complexity index is 623. The third-order valence-corrected chi connectivity index (χ3v) is 3.13. The number of nitrogen functional groups attached to an aromatic ring is 1. The molecule has 8 heteroatoms. The number of hydrogen-bond acceptors (Lipinski definition) is 6. The van der Waals surface area contributed by atoms with E-state index in [1.54, 1.807) is 0 Å². The molecule has 20 heavy (non-hydrogen) atoms. The molecule has 0 spiro atoms. The quantitative estimate of drug-likeness (QED) is 0.760. The van der Waals surface area contributed by atoms with E-state index < -0.39 is 0 Å². The first kappa shape index (κ1) is 15.0. The summed E-state index contributed by atoms with van der Waals surface area (Å²) in [5.41, 5.74) is 6.32. The average molecular weight is 406 g/mol. The van der Waals surface area contributed by atoms with Crippen molar-refractivity contribution in [1.29, 1.82) is 0 Å². The Kier molecular flexibility index (Phi) is 4.81. The van der Waals surface area contributed by atoms with Gasteiger partial charge in [0.2, 0.25) is 11.9 Å². The Labute approximate surface area is 135 Å². The summed E-state index contributed by atoms with van der Waals surface area (Å²) >= 11 is 8.33. The Morgan fingerprint density at radius 2 is 2.05 bits per heavy atom. The van der Waals surface area contributed by atoms with Crippen molar-refractivity contribution in [3.8, 4) is 6.01 Å². The van der Waals surface area contributed by atoms with Crippen LogP contribution < -0.4 is 15.8 Å². The first-order valence-corrected chi connectivity index (χ1v) is 7.30. The van der Waals surface area contributed by atoms with Crippen LogP contribution >= 0.6 is 34.2 Å². The average Bonchev–Trinajstić information content (AvgIpc) is 2.31. The summed E-state index contributed by atoms with van der Waals surface area (Å²) in [5, 5.41) is 3.57. The number of aromatic nitrogens is 3. The van der Waals surface area contributed by atoms with Crippen molar-refractivity contribution in [1.82, 2.24) is 15.0 Å². The fraction of sp³-hybridized carbons (Fsp3) is 0.250. The maximum Gasteiger partial charge on any atom is 0.323 e. The van der Waals surface area contributed by atoms with E-state index in [9.17, 15) is 0 Å². The number of nitrogens with two attached hydrogens (primary N) is 1. The third-order valence-electron chi connectivity index (χ3n) is 2.15. The standard InChI is InChI=1S/C12H13ClIN5O/c1-6(2)20-12-18-10(15)17-11(19-12)16-9-4-3-7(14)5-8(9)13/h3-6H,1-2H3,(H3,15,16,17,18,19). The van der Waals surface area contributed by atoms with Crippen molar-refractivity contribution >= 4 is 51.8 Å². The zero-order valence-electron chi connectivity index (χ0n) is 10.9. The molecule has 0 aliphatic carbocycles. The molecule has 0 radical (unpaired) electrons. The van der Waals surface area contributed by atoms with Crippen LogP contribution in [0.15, 0.2) is 18.2 Å². The molecular formula is C12H13ClIN5O. The van der Waals surface area contributed by atoms with Crippen LogP contribution in [0.4, 0.5) is 17.6 Å². The highest BCUT2D eigenvalue weighted by molar-refractivity contribution is 14.1. The lowest BCUT2D eigenvalue weighted by atomic mass is 10.3. The number of nitrogens with one attached hydrogen (secondary N) is 1. The number of nitrogens with zero attached hydrogens (tertiary/aromatic N) is 3. The fourth-order valence-electron chi connectivity index (χ4n) is 1.40. The van der Waals surface area contributed by atoms with Gasteiger partial charge in [-0.2, -0.15) is 15.0 Å². The molecule has 106 valence electrons. The predicted octanol–water partition coefficient (Wildman–Crippen LogP) is 3.24. The first-order chi connectivity index (χ1) is 9.44. The molecule has 1 aromatic heterocycles. The minimum Gasteiger partial charge on any atom is -0.461 e. The number of rotatable bonds is 4. The van der Waals surface area contributed by atoms with Crippen LogP contribution in [0.5, 0.6) is 6.01 Å². The number of anilines is 3. The highest BCUT2D eigenvalue weighted by Crippen LogP contribution is 2.26. The van der Waals surface area contributed by atoms with Gasteiger partial charge in [0.05, 0.1) is 16.8 Å².